The van der Waals surface area contributed by atoms with Gasteiger partial charge >= 0.3 is 0 Å². The van der Waals surface area contributed by atoms with Crippen LogP contribution in [0.2, 0.25) is 0 Å². The van der Waals surface area contributed by atoms with Gasteiger partial charge in [-0.3, -0.25) is 4.79 Å². The molecule has 0 aliphatic carbocycles. The number of pyridine rings is 1. The minimum atomic E-state index is -0.0341. The molecule has 0 aliphatic heterocycles. The number of nitrogens with one attached hydrogen (secondary N) is 3. The average Bonchev–Trinajstić information content (AvgIpc) is 2.74. The second kappa shape index (κ2) is 10.0. The topological polar surface area (TPSA) is 101 Å². The van der Waals surface area contributed by atoms with Crippen molar-refractivity contribution in [2.45, 2.75) is 13.3 Å². The lowest BCUT2D eigenvalue weighted by molar-refractivity contribution is -0.120. The van der Waals surface area contributed by atoms with Crippen LogP contribution in [0.25, 0.3) is 0 Å². The Hall–Kier alpha value is -3.68. The first-order chi connectivity index (χ1) is 14.1. The van der Waals surface area contributed by atoms with Crippen molar-refractivity contribution in [3.05, 3.63) is 65.9 Å². The number of carbonyl (C=O) groups excluding carboxylic acids is 1. The molecule has 0 radical (unpaired) electrons. The van der Waals surface area contributed by atoms with E-state index in [-0.39, 0.29) is 5.91 Å². The van der Waals surface area contributed by atoms with Crippen LogP contribution in [-0.4, -0.2) is 41.3 Å². The summed E-state index contributed by atoms with van der Waals surface area (Å²) in [6.07, 6.45) is 2.12. The number of aryl methyl sites for hydroxylation is 1. The summed E-state index contributed by atoms with van der Waals surface area (Å²) in [4.78, 5) is 16.3. The number of hydrogen-bond acceptors (Lipinski definition) is 7. The van der Waals surface area contributed by atoms with Crippen LogP contribution in [0.5, 0.6) is 5.75 Å². The summed E-state index contributed by atoms with van der Waals surface area (Å²) in [5.74, 6) is 2.70. The Morgan fingerprint density at radius 1 is 0.931 bits per heavy atom. The van der Waals surface area contributed by atoms with E-state index in [9.17, 15) is 4.79 Å². The van der Waals surface area contributed by atoms with Crippen molar-refractivity contribution in [1.82, 2.24) is 20.5 Å². The fourth-order valence-corrected chi connectivity index (χ4v) is 2.55. The van der Waals surface area contributed by atoms with E-state index in [2.05, 4.69) is 31.1 Å². The van der Waals surface area contributed by atoms with Crippen LogP contribution in [0, 0.1) is 6.92 Å². The molecule has 0 bridgehead atoms. The fourth-order valence-electron chi connectivity index (χ4n) is 2.55. The van der Waals surface area contributed by atoms with E-state index in [1.807, 2.05) is 55.5 Å². The molecule has 0 aliphatic rings. The van der Waals surface area contributed by atoms with E-state index in [0.717, 1.165) is 16.9 Å². The average molecular weight is 392 g/mol. The van der Waals surface area contributed by atoms with Gasteiger partial charge in [0.1, 0.15) is 17.4 Å². The molecular weight excluding hydrogens is 368 g/mol. The summed E-state index contributed by atoms with van der Waals surface area (Å²) in [7, 11) is 1.62. The lowest BCUT2D eigenvalue weighted by Gasteiger charge is -2.08. The first-order valence-corrected chi connectivity index (χ1v) is 9.29. The van der Waals surface area contributed by atoms with Crippen LogP contribution < -0.4 is 20.7 Å². The molecule has 0 saturated carbocycles. The molecule has 8 heteroatoms. The maximum atomic E-state index is 12.0. The molecule has 8 nitrogen and oxygen atoms in total. The van der Waals surface area contributed by atoms with E-state index in [0.29, 0.717) is 37.0 Å². The summed E-state index contributed by atoms with van der Waals surface area (Å²) >= 11 is 0. The van der Waals surface area contributed by atoms with Gasteiger partial charge in [0.2, 0.25) is 5.91 Å². The third kappa shape index (κ3) is 6.46. The second-order valence-corrected chi connectivity index (χ2v) is 6.45. The van der Waals surface area contributed by atoms with Gasteiger partial charge in [-0.25, -0.2) is 4.98 Å². The lowest BCUT2D eigenvalue weighted by atomic mass is 10.1. The van der Waals surface area contributed by atoms with Crippen molar-refractivity contribution < 1.29 is 9.53 Å². The molecule has 2 aromatic heterocycles. The Kier molecular flexibility index (Phi) is 6.94. The van der Waals surface area contributed by atoms with Gasteiger partial charge in [0.25, 0.3) is 0 Å². The Morgan fingerprint density at radius 3 is 2.31 bits per heavy atom. The fraction of sp³-hybridized carbons (Fsp3) is 0.238. The van der Waals surface area contributed by atoms with Gasteiger partial charge in [0.05, 0.1) is 13.5 Å². The maximum Gasteiger partial charge on any atom is 0.224 e. The van der Waals surface area contributed by atoms with Gasteiger partial charge in [-0.2, -0.15) is 0 Å². The molecule has 0 atom stereocenters. The number of rotatable bonds is 9. The number of ether oxygens (including phenoxy) is 1. The molecule has 0 unspecified atom stereocenters. The quantitative estimate of drug-likeness (QED) is 0.481. The number of hydrogen-bond donors (Lipinski definition) is 3. The summed E-state index contributed by atoms with van der Waals surface area (Å²) in [5, 5.41) is 17.3. The number of amides is 1. The smallest absolute Gasteiger partial charge is 0.224 e. The molecule has 150 valence electrons. The summed E-state index contributed by atoms with van der Waals surface area (Å²) in [6, 6.07) is 15.0. The number of aromatic nitrogens is 3. The highest BCUT2D eigenvalue weighted by atomic mass is 16.5. The summed E-state index contributed by atoms with van der Waals surface area (Å²) in [5.41, 5.74) is 2.03. The number of anilines is 3. The van der Waals surface area contributed by atoms with Crippen LogP contribution in [0.1, 0.15) is 11.1 Å². The predicted octanol–water partition coefficient (Wildman–Crippen LogP) is 2.70. The normalized spacial score (nSPS) is 10.3. The summed E-state index contributed by atoms with van der Waals surface area (Å²) < 4.78 is 5.11. The minimum Gasteiger partial charge on any atom is -0.497 e. The van der Waals surface area contributed by atoms with E-state index in [1.54, 1.807) is 13.3 Å². The Balaban J connectivity index is 1.37. The molecule has 0 saturated heterocycles. The van der Waals surface area contributed by atoms with Gasteiger partial charge < -0.3 is 20.7 Å². The van der Waals surface area contributed by atoms with Gasteiger partial charge in [0.15, 0.2) is 5.82 Å². The van der Waals surface area contributed by atoms with Crippen molar-refractivity contribution >= 4 is 23.4 Å². The van der Waals surface area contributed by atoms with Crippen LogP contribution in [-0.2, 0) is 11.2 Å². The van der Waals surface area contributed by atoms with Crippen molar-refractivity contribution in [3.63, 3.8) is 0 Å². The second-order valence-electron chi connectivity index (χ2n) is 6.45. The number of carbonyl (C=O) groups is 1. The molecule has 3 rings (SSSR count). The van der Waals surface area contributed by atoms with Crippen molar-refractivity contribution in [2.24, 2.45) is 0 Å². The van der Waals surface area contributed by atoms with Gasteiger partial charge in [-0.1, -0.05) is 18.2 Å². The third-order valence-electron chi connectivity index (χ3n) is 4.11. The molecule has 2 heterocycles. The number of methoxy groups -OCH3 is 1. The first kappa shape index (κ1) is 20.1. The van der Waals surface area contributed by atoms with Crippen molar-refractivity contribution in [3.8, 4) is 5.75 Å². The molecule has 1 amide bonds. The van der Waals surface area contributed by atoms with Gasteiger partial charge in [0, 0.05) is 19.3 Å². The number of nitrogens with zero attached hydrogens (tertiary/aromatic N) is 3. The van der Waals surface area contributed by atoms with E-state index in [4.69, 9.17) is 4.74 Å². The molecule has 29 heavy (non-hydrogen) atoms. The Bertz CT molecular complexity index is 911. The molecule has 0 fully saturated rings. The third-order valence-corrected chi connectivity index (χ3v) is 4.11. The van der Waals surface area contributed by atoms with Crippen molar-refractivity contribution in [2.75, 3.05) is 30.8 Å². The van der Waals surface area contributed by atoms with E-state index < -0.39 is 0 Å². The zero-order chi connectivity index (χ0) is 20.5. The summed E-state index contributed by atoms with van der Waals surface area (Å²) in [6.45, 7) is 3.03. The largest absolute Gasteiger partial charge is 0.497 e. The monoisotopic (exact) mass is 392 g/mol. The van der Waals surface area contributed by atoms with Crippen LogP contribution >= 0.6 is 0 Å². The van der Waals surface area contributed by atoms with Crippen LogP contribution in [0.3, 0.4) is 0 Å². The molecule has 3 N–H and O–H groups in total. The highest BCUT2D eigenvalue weighted by Gasteiger charge is 2.04. The molecule has 0 spiro atoms. The van der Waals surface area contributed by atoms with Crippen LogP contribution in [0.4, 0.5) is 17.5 Å². The number of benzene rings is 1. The zero-order valence-corrected chi connectivity index (χ0v) is 16.5. The standard InChI is InChI=1S/C21H24N6O2/c1-15-3-8-18(24-14-15)25-20-10-9-19(26-27-20)22-11-12-23-21(28)13-16-4-6-17(29-2)7-5-16/h3-10,14H,11-13H2,1-2H3,(H,22,26)(H,23,28)(H,24,25,27). The van der Waals surface area contributed by atoms with Gasteiger partial charge in [-0.15, -0.1) is 10.2 Å². The van der Waals surface area contributed by atoms with Crippen molar-refractivity contribution in [1.29, 1.82) is 0 Å². The molecule has 3 aromatic rings. The Morgan fingerprint density at radius 2 is 1.66 bits per heavy atom. The molecular formula is C21H24N6O2. The van der Waals surface area contributed by atoms with Crippen LogP contribution in [0.15, 0.2) is 54.7 Å². The lowest BCUT2D eigenvalue weighted by Crippen LogP contribution is -2.30. The zero-order valence-electron chi connectivity index (χ0n) is 16.5. The van der Waals surface area contributed by atoms with E-state index >= 15 is 0 Å². The van der Waals surface area contributed by atoms with E-state index in [1.165, 1.54) is 0 Å². The van der Waals surface area contributed by atoms with Gasteiger partial charge in [-0.05, 0) is 48.4 Å². The highest BCUT2D eigenvalue weighted by molar-refractivity contribution is 5.78. The highest BCUT2D eigenvalue weighted by Crippen LogP contribution is 2.13. The first-order valence-electron chi connectivity index (χ1n) is 9.29. The predicted molar refractivity (Wildman–Crippen MR) is 112 cm³/mol. The Labute approximate surface area is 169 Å². The maximum absolute atomic E-state index is 12.0. The minimum absolute atomic E-state index is 0.0341. The SMILES string of the molecule is COc1ccc(CC(=O)NCCNc2ccc(Nc3ccc(C)cn3)nn2)cc1. The molecule has 1 aromatic carbocycles.